The highest BCUT2D eigenvalue weighted by atomic mass is 16.5. The Morgan fingerprint density at radius 1 is 1.36 bits per heavy atom. The Hall–Kier alpha value is -2.41. The molecule has 1 aromatic heterocycles. The molecule has 134 valence electrons. The minimum atomic E-state index is -0.421. The number of carbonyl (C=O) groups is 1. The van der Waals surface area contributed by atoms with Gasteiger partial charge in [0.2, 0.25) is 0 Å². The van der Waals surface area contributed by atoms with Crippen LogP contribution < -0.4 is 15.4 Å². The van der Waals surface area contributed by atoms with Gasteiger partial charge in [-0.3, -0.25) is 4.79 Å². The van der Waals surface area contributed by atoms with E-state index in [1.54, 1.807) is 6.33 Å². The summed E-state index contributed by atoms with van der Waals surface area (Å²) in [6.45, 7) is 8.83. The first-order valence-corrected chi connectivity index (χ1v) is 8.72. The lowest BCUT2D eigenvalue weighted by atomic mass is 10.1. The van der Waals surface area contributed by atoms with E-state index in [9.17, 15) is 4.79 Å². The Morgan fingerprint density at radius 3 is 2.88 bits per heavy atom. The lowest BCUT2D eigenvalue weighted by Gasteiger charge is -2.26. The van der Waals surface area contributed by atoms with E-state index in [4.69, 9.17) is 4.74 Å². The van der Waals surface area contributed by atoms with Gasteiger partial charge in [0.1, 0.15) is 17.9 Å². The number of nitrogens with one attached hydrogen (secondary N) is 2. The molecule has 1 aliphatic heterocycles. The van der Waals surface area contributed by atoms with Crippen LogP contribution in [0.15, 0.2) is 24.5 Å². The summed E-state index contributed by atoms with van der Waals surface area (Å²) in [7, 11) is 0. The molecule has 7 nitrogen and oxygen atoms in total. The van der Waals surface area contributed by atoms with Crippen LogP contribution in [0.4, 0.5) is 5.69 Å². The predicted octanol–water partition coefficient (Wildman–Crippen LogP) is 2.82. The van der Waals surface area contributed by atoms with Crippen LogP contribution in [0.2, 0.25) is 0 Å². The second-order valence-corrected chi connectivity index (χ2v) is 6.58. The van der Waals surface area contributed by atoms with Gasteiger partial charge in [-0.2, -0.15) is 5.10 Å². The largest absolute Gasteiger partial charge is 0.478 e. The smallest absolute Gasteiger partial charge is 0.265 e. The molecule has 1 aliphatic rings. The van der Waals surface area contributed by atoms with Gasteiger partial charge in [-0.1, -0.05) is 13.0 Å². The number of hydrogen-bond acceptors (Lipinski definition) is 5. The molecule has 1 amide bonds. The standard InChI is InChI=1S/C18H25N5O2/c1-5-15-18(24)22-14-7-6-13(8-16(14)25-15)12(4)19-9-17-20-10-21-23(17)11(2)3/h6-8,10-12,15,19H,5,9H2,1-4H3,(H,22,24). The van der Waals surface area contributed by atoms with Crippen LogP contribution in [0.5, 0.6) is 5.75 Å². The van der Waals surface area contributed by atoms with Gasteiger partial charge < -0.3 is 15.4 Å². The average Bonchev–Trinajstić information content (AvgIpc) is 3.07. The molecule has 2 atom stereocenters. The summed E-state index contributed by atoms with van der Waals surface area (Å²) in [4.78, 5) is 16.2. The Kier molecular flexibility index (Phi) is 5.03. The van der Waals surface area contributed by atoms with Crippen LogP contribution in [0, 0.1) is 0 Å². The number of nitrogens with zero attached hydrogens (tertiary/aromatic N) is 3. The maximum atomic E-state index is 11.9. The summed E-state index contributed by atoms with van der Waals surface area (Å²) in [6.07, 6.45) is 1.81. The number of ether oxygens (including phenoxy) is 1. The van der Waals surface area contributed by atoms with Gasteiger partial charge in [0, 0.05) is 12.1 Å². The molecular weight excluding hydrogens is 318 g/mol. The highest BCUT2D eigenvalue weighted by molar-refractivity contribution is 5.97. The van der Waals surface area contributed by atoms with Gasteiger partial charge in [0.05, 0.1) is 12.2 Å². The number of fused-ring (bicyclic) bond motifs is 1. The van der Waals surface area contributed by atoms with E-state index in [-0.39, 0.29) is 18.0 Å². The van der Waals surface area contributed by atoms with Crippen molar-refractivity contribution >= 4 is 11.6 Å². The molecule has 0 spiro atoms. The summed E-state index contributed by atoms with van der Waals surface area (Å²) in [5.41, 5.74) is 1.82. The maximum absolute atomic E-state index is 11.9. The zero-order valence-corrected chi connectivity index (χ0v) is 15.1. The van der Waals surface area contributed by atoms with Crippen molar-refractivity contribution < 1.29 is 9.53 Å². The van der Waals surface area contributed by atoms with Gasteiger partial charge in [-0.15, -0.1) is 0 Å². The fourth-order valence-electron chi connectivity index (χ4n) is 2.89. The van der Waals surface area contributed by atoms with Crippen molar-refractivity contribution in [2.75, 3.05) is 5.32 Å². The average molecular weight is 343 g/mol. The second-order valence-electron chi connectivity index (χ2n) is 6.58. The van der Waals surface area contributed by atoms with Gasteiger partial charge in [0.25, 0.3) is 5.91 Å². The van der Waals surface area contributed by atoms with E-state index in [1.165, 1.54) is 0 Å². The van der Waals surface area contributed by atoms with E-state index in [2.05, 4.69) is 41.5 Å². The Balaban J connectivity index is 1.70. The van der Waals surface area contributed by atoms with Gasteiger partial charge >= 0.3 is 0 Å². The number of anilines is 1. The first kappa shape index (κ1) is 17.4. The molecule has 0 saturated carbocycles. The monoisotopic (exact) mass is 343 g/mol. The Labute approximate surface area is 147 Å². The van der Waals surface area contributed by atoms with E-state index in [0.717, 1.165) is 22.8 Å². The van der Waals surface area contributed by atoms with E-state index < -0.39 is 6.10 Å². The first-order chi connectivity index (χ1) is 12.0. The normalized spacial score (nSPS) is 17.8. The molecule has 0 saturated heterocycles. The third-order valence-electron chi connectivity index (χ3n) is 4.40. The molecule has 7 heteroatoms. The van der Waals surface area contributed by atoms with Crippen LogP contribution in [0.1, 0.15) is 57.6 Å². The number of aromatic nitrogens is 3. The highest BCUT2D eigenvalue weighted by Crippen LogP contribution is 2.33. The van der Waals surface area contributed by atoms with Crippen molar-refractivity contribution in [3.8, 4) is 5.75 Å². The minimum absolute atomic E-state index is 0.0815. The van der Waals surface area contributed by atoms with Crippen molar-refractivity contribution in [1.29, 1.82) is 0 Å². The van der Waals surface area contributed by atoms with Crippen molar-refractivity contribution in [2.24, 2.45) is 0 Å². The molecule has 0 aliphatic carbocycles. The molecule has 3 rings (SSSR count). The number of carbonyl (C=O) groups excluding carboxylic acids is 1. The summed E-state index contributed by atoms with van der Waals surface area (Å²) in [5, 5.41) is 10.6. The van der Waals surface area contributed by atoms with Gasteiger partial charge in [-0.25, -0.2) is 9.67 Å². The van der Waals surface area contributed by atoms with Crippen molar-refractivity contribution in [3.05, 3.63) is 35.9 Å². The SMILES string of the molecule is CCC1Oc2cc(C(C)NCc3ncnn3C(C)C)ccc2NC1=O. The van der Waals surface area contributed by atoms with Crippen LogP contribution in [-0.4, -0.2) is 26.8 Å². The van der Waals surface area contributed by atoms with Crippen molar-refractivity contribution in [1.82, 2.24) is 20.1 Å². The fourth-order valence-corrected chi connectivity index (χ4v) is 2.89. The molecule has 2 unspecified atom stereocenters. The first-order valence-electron chi connectivity index (χ1n) is 8.72. The molecule has 1 aromatic carbocycles. The van der Waals surface area contributed by atoms with Gasteiger partial charge in [0.15, 0.2) is 6.10 Å². The third-order valence-corrected chi connectivity index (χ3v) is 4.40. The summed E-state index contributed by atoms with van der Waals surface area (Å²) >= 11 is 0. The van der Waals surface area contributed by atoms with Crippen LogP contribution in [0.3, 0.4) is 0 Å². The maximum Gasteiger partial charge on any atom is 0.265 e. The predicted molar refractivity (Wildman–Crippen MR) is 95.4 cm³/mol. The van der Waals surface area contributed by atoms with E-state index >= 15 is 0 Å². The minimum Gasteiger partial charge on any atom is -0.478 e. The van der Waals surface area contributed by atoms with Crippen molar-refractivity contribution in [2.45, 2.75) is 58.8 Å². The van der Waals surface area contributed by atoms with Gasteiger partial charge in [-0.05, 0) is 44.9 Å². The highest BCUT2D eigenvalue weighted by Gasteiger charge is 2.26. The van der Waals surface area contributed by atoms with Crippen LogP contribution in [0.25, 0.3) is 0 Å². The Bertz CT molecular complexity index is 756. The fraction of sp³-hybridized carbons (Fsp3) is 0.500. The Morgan fingerprint density at radius 2 is 2.16 bits per heavy atom. The zero-order valence-electron chi connectivity index (χ0n) is 15.1. The third kappa shape index (κ3) is 3.66. The summed E-state index contributed by atoms with van der Waals surface area (Å²) in [5.74, 6) is 1.55. The molecular formula is C18H25N5O2. The van der Waals surface area contributed by atoms with Crippen molar-refractivity contribution in [3.63, 3.8) is 0 Å². The summed E-state index contributed by atoms with van der Waals surface area (Å²) in [6, 6.07) is 6.27. The number of rotatable bonds is 6. The number of amides is 1. The number of benzene rings is 1. The van der Waals surface area contributed by atoms with Crippen LogP contribution >= 0.6 is 0 Å². The van der Waals surface area contributed by atoms with E-state index in [0.29, 0.717) is 13.0 Å². The number of hydrogen-bond donors (Lipinski definition) is 2. The van der Waals surface area contributed by atoms with E-state index in [1.807, 2.05) is 29.8 Å². The molecule has 25 heavy (non-hydrogen) atoms. The molecule has 0 radical (unpaired) electrons. The molecule has 0 fully saturated rings. The summed E-state index contributed by atoms with van der Waals surface area (Å²) < 4.78 is 7.73. The molecule has 2 aromatic rings. The molecule has 2 heterocycles. The molecule has 0 bridgehead atoms. The lowest BCUT2D eigenvalue weighted by molar-refractivity contribution is -0.123. The quantitative estimate of drug-likeness (QED) is 0.843. The molecule has 2 N–H and O–H groups in total. The topological polar surface area (TPSA) is 81.1 Å². The second kappa shape index (κ2) is 7.23. The lowest BCUT2D eigenvalue weighted by Crippen LogP contribution is -2.36. The zero-order chi connectivity index (χ0) is 18.0. The van der Waals surface area contributed by atoms with Crippen LogP contribution in [-0.2, 0) is 11.3 Å².